The lowest BCUT2D eigenvalue weighted by atomic mass is 10.3. The van der Waals surface area contributed by atoms with E-state index in [1.807, 2.05) is 4.72 Å². The molecule has 3 heterocycles. The lowest BCUT2D eigenvalue weighted by Crippen LogP contribution is -2.28. The van der Waals surface area contributed by atoms with Gasteiger partial charge in [0.05, 0.1) is 14.2 Å². The molecule has 0 spiro atoms. The van der Waals surface area contributed by atoms with E-state index >= 15 is 0 Å². The SMILES string of the molecule is COc1nc(NS(=O)(=O)c2c[nH]c3nc(C(F)F)ccc23)nc(OC)c1OC(F)(F)CF. The molecule has 0 saturated carbocycles. The molecule has 10 nitrogen and oxygen atoms in total. The van der Waals surface area contributed by atoms with Gasteiger partial charge in [-0.2, -0.15) is 18.7 Å². The van der Waals surface area contributed by atoms with Crippen molar-refractivity contribution in [1.29, 1.82) is 0 Å². The zero-order chi connectivity index (χ0) is 23.7. The van der Waals surface area contributed by atoms with E-state index < -0.39 is 58.4 Å². The number of rotatable bonds is 9. The topological polar surface area (TPSA) is 128 Å². The fraction of sp³-hybridized carbons (Fsp3) is 0.312. The van der Waals surface area contributed by atoms with Gasteiger partial charge in [-0.3, -0.25) is 0 Å². The molecule has 3 aromatic heterocycles. The first-order valence-corrected chi connectivity index (χ1v) is 9.91. The molecule has 0 atom stereocenters. The second-order valence-corrected chi connectivity index (χ2v) is 7.61. The van der Waals surface area contributed by atoms with E-state index in [1.165, 1.54) is 0 Å². The van der Waals surface area contributed by atoms with Gasteiger partial charge in [-0.15, -0.1) is 0 Å². The quantitative estimate of drug-likeness (QED) is 0.445. The second-order valence-electron chi connectivity index (χ2n) is 5.96. The smallest absolute Gasteiger partial charge is 0.427 e. The lowest BCUT2D eigenvalue weighted by molar-refractivity contribution is -0.188. The number of halogens is 5. The minimum atomic E-state index is -4.43. The Morgan fingerprint density at radius 2 is 1.75 bits per heavy atom. The van der Waals surface area contributed by atoms with Crippen molar-refractivity contribution < 1.29 is 44.6 Å². The summed E-state index contributed by atoms with van der Waals surface area (Å²) >= 11 is 0. The van der Waals surface area contributed by atoms with Crippen LogP contribution < -0.4 is 18.9 Å². The third-order valence-electron chi connectivity index (χ3n) is 3.86. The Balaban J connectivity index is 2.00. The monoisotopic (exact) mass is 483 g/mol. The molecular weight excluding hydrogens is 469 g/mol. The van der Waals surface area contributed by atoms with Gasteiger partial charge >= 0.3 is 6.11 Å². The molecule has 0 aliphatic rings. The highest BCUT2D eigenvalue weighted by Crippen LogP contribution is 2.39. The van der Waals surface area contributed by atoms with Crippen LogP contribution in [-0.2, 0) is 10.0 Å². The number of fused-ring (bicyclic) bond motifs is 1. The zero-order valence-corrected chi connectivity index (χ0v) is 17.0. The van der Waals surface area contributed by atoms with Gasteiger partial charge in [0, 0.05) is 11.6 Å². The minimum absolute atomic E-state index is 0.0108. The van der Waals surface area contributed by atoms with Crippen molar-refractivity contribution in [3.63, 3.8) is 0 Å². The third-order valence-corrected chi connectivity index (χ3v) is 5.23. The number of anilines is 1. The summed E-state index contributed by atoms with van der Waals surface area (Å²) in [6, 6.07) is 2.09. The van der Waals surface area contributed by atoms with Crippen molar-refractivity contribution in [2.45, 2.75) is 17.4 Å². The molecule has 0 aliphatic carbocycles. The molecule has 0 amide bonds. The Labute approximate surface area is 176 Å². The molecule has 0 aliphatic heterocycles. The van der Waals surface area contributed by atoms with Gasteiger partial charge in [0.15, 0.2) is 6.67 Å². The predicted octanol–water partition coefficient (Wildman–Crippen LogP) is 3.05. The molecule has 3 rings (SSSR count). The zero-order valence-electron chi connectivity index (χ0n) is 16.2. The maximum absolute atomic E-state index is 13.3. The molecule has 0 unspecified atom stereocenters. The first-order valence-electron chi connectivity index (χ1n) is 8.43. The van der Waals surface area contributed by atoms with E-state index in [-0.39, 0.29) is 15.9 Å². The van der Waals surface area contributed by atoms with E-state index in [0.29, 0.717) is 0 Å². The van der Waals surface area contributed by atoms with Crippen molar-refractivity contribution in [3.05, 3.63) is 24.0 Å². The number of pyridine rings is 1. The average Bonchev–Trinajstić information content (AvgIpc) is 3.18. The van der Waals surface area contributed by atoms with E-state index in [1.54, 1.807) is 0 Å². The molecule has 174 valence electrons. The number of nitrogens with zero attached hydrogens (tertiary/aromatic N) is 3. The molecule has 16 heteroatoms. The minimum Gasteiger partial charge on any atom is -0.478 e. The summed E-state index contributed by atoms with van der Waals surface area (Å²) in [5, 5.41) is -0.0108. The Bertz CT molecular complexity index is 1210. The summed E-state index contributed by atoms with van der Waals surface area (Å²) in [5.41, 5.74) is -0.675. The molecule has 0 bridgehead atoms. The van der Waals surface area contributed by atoms with Gasteiger partial charge in [0.25, 0.3) is 28.2 Å². The van der Waals surface area contributed by atoms with E-state index in [9.17, 15) is 30.4 Å². The number of aromatic nitrogens is 4. The Morgan fingerprint density at radius 3 is 2.28 bits per heavy atom. The summed E-state index contributed by atoms with van der Waals surface area (Å²) in [6.45, 7) is -2.17. The van der Waals surface area contributed by atoms with Gasteiger partial charge in [0.1, 0.15) is 16.2 Å². The number of nitrogens with one attached hydrogen (secondary N) is 2. The standard InChI is InChI=1S/C16H14F5N5O5S/c1-29-13-10(31-16(20,21)6-17)14(30-2)25-15(24-13)26-32(27,28)9-5-22-12-7(9)3-4-8(23-12)11(18)19/h3-5,11H,6H2,1-2H3,(H,22,23)(H,24,25,26). The fourth-order valence-electron chi connectivity index (χ4n) is 2.51. The molecule has 0 aromatic carbocycles. The molecule has 32 heavy (non-hydrogen) atoms. The number of alkyl halides is 5. The van der Waals surface area contributed by atoms with Crippen LogP contribution in [0, 0.1) is 0 Å². The lowest BCUT2D eigenvalue weighted by Gasteiger charge is -2.18. The third kappa shape index (κ3) is 4.58. The van der Waals surface area contributed by atoms with Crippen LogP contribution in [0.2, 0.25) is 0 Å². The molecule has 3 aromatic rings. The van der Waals surface area contributed by atoms with Crippen LogP contribution in [-0.4, -0.2) is 55.4 Å². The maximum atomic E-state index is 13.3. The molecule has 0 radical (unpaired) electrons. The predicted molar refractivity (Wildman–Crippen MR) is 98.5 cm³/mol. The fourth-order valence-corrected chi connectivity index (χ4v) is 3.62. The Kier molecular flexibility index (Phi) is 6.25. The summed E-state index contributed by atoms with van der Waals surface area (Å²) in [4.78, 5) is 13.0. The second kappa shape index (κ2) is 8.60. The highest BCUT2D eigenvalue weighted by molar-refractivity contribution is 7.93. The number of ether oxygens (including phenoxy) is 3. The number of aromatic amines is 1. The van der Waals surface area contributed by atoms with Gasteiger partial charge in [-0.1, -0.05) is 0 Å². The molecule has 0 saturated heterocycles. The van der Waals surface area contributed by atoms with Crippen molar-refractivity contribution in [2.75, 3.05) is 25.6 Å². The van der Waals surface area contributed by atoms with Crippen molar-refractivity contribution in [2.24, 2.45) is 0 Å². The van der Waals surface area contributed by atoms with E-state index in [4.69, 9.17) is 9.47 Å². The van der Waals surface area contributed by atoms with E-state index in [2.05, 4.69) is 24.7 Å². The number of H-pyrrole nitrogens is 1. The highest BCUT2D eigenvalue weighted by Gasteiger charge is 2.36. The molecule has 2 N–H and O–H groups in total. The van der Waals surface area contributed by atoms with Crippen LogP contribution in [0.25, 0.3) is 11.0 Å². The number of sulfonamides is 1. The number of hydrogen-bond donors (Lipinski definition) is 2. The normalized spacial score (nSPS) is 12.2. The van der Waals surface area contributed by atoms with E-state index in [0.717, 1.165) is 32.5 Å². The Hall–Kier alpha value is -3.43. The van der Waals surface area contributed by atoms with Crippen molar-refractivity contribution >= 4 is 27.0 Å². The van der Waals surface area contributed by atoms with Crippen molar-refractivity contribution in [1.82, 2.24) is 19.9 Å². The average molecular weight is 483 g/mol. The first-order chi connectivity index (χ1) is 15.0. The van der Waals surface area contributed by atoms with Gasteiger partial charge in [0.2, 0.25) is 11.7 Å². The number of hydrogen-bond acceptors (Lipinski definition) is 8. The van der Waals surface area contributed by atoms with Gasteiger partial charge in [-0.05, 0) is 12.1 Å². The highest BCUT2D eigenvalue weighted by atomic mass is 32.2. The summed E-state index contributed by atoms with van der Waals surface area (Å²) in [7, 11) is -2.41. The molecule has 0 fully saturated rings. The van der Waals surface area contributed by atoms with Gasteiger partial charge < -0.3 is 19.2 Å². The van der Waals surface area contributed by atoms with Crippen LogP contribution >= 0.6 is 0 Å². The summed E-state index contributed by atoms with van der Waals surface area (Å²) in [6.07, 6.45) is -6.11. The largest absolute Gasteiger partial charge is 0.478 e. The molecular formula is C16H14F5N5O5S. The summed E-state index contributed by atoms with van der Waals surface area (Å²) in [5.74, 6) is -2.88. The van der Waals surface area contributed by atoms with Crippen LogP contribution in [0.5, 0.6) is 17.5 Å². The summed E-state index contributed by atoms with van der Waals surface area (Å²) < 4.78 is 106. The number of methoxy groups -OCH3 is 2. The van der Waals surface area contributed by atoms with Crippen LogP contribution in [0.1, 0.15) is 12.1 Å². The van der Waals surface area contributed by atoms with Crippen LogP contribution in [0.3, 0.4) is 0 Å². The van der Waals surface area contributed by atoms with Crippen LogP contribution in [0.15, 0.2) is 23.2 Å². The Morgan fingerprint density at radius 1 is 1.12 bits per heavy atom. The van der Waals surface area contributed by atoms with Crippen molar-refractivity contribution in [3.8, 4) is 17.5 Å². The maximum Gasteiger partial charge on any atom is 0.427 e. The van der Waals surface area contributed by atoms with Crippen LogP contribution in [0.4, 0.5) is 27.9 Å². The first kappa shape index (κ1) is 23.2. The van der Waals surface area contributed by atoms with Gasteiger partial charge in [-0.25, -0.2) is 31.3 Å².